The third kappa shape index (κ3) is 7.33. The van der Waals surface area contributed by atoms with Gasteiger partial charge in [-0.25, -0.2) is 9.18 Å². The molecule has 0 N–H and O–H groups in total. The Labute approximate surface area is 281 Å². The third-order valence-electron chi connectivity index (χ3n) is 9.12. The molecule has 3 amide bonds. The molecule has 3 aromatic carbocycles. The number of nitrogens with zero attached hydrogens (tertiary/aromatic N) is 3. The van der Waals surface area contributed by atoms with Crippen LogP contribution in [-0.2, 0) is 19.1 Å². The fourth-order valence-corrected chi connectivity index (χ4v) is 6.71. The minimum atomic E-state index is -0.681. The first kappa shape index (κ1) is 33.5. The van der Waals surface area contributed by atoms with E-state index in [9.17, 15) is 18.8 Å². The number of amides is 3. The number of rotatable bonds is 9. The molecule has 1 saturated carbocycles. The predicted octanol–water partition coefficient (Wildman–Crippen LogP) is 6.79. The lowest BCUT2D eigenvalue weighted by Gasteiger charge is -2.41. The van der Waals surface area contributed by atoms with Crippen molar-refractivity contribution in [2.75, 3.05) is 49.8 Å². The molecule has 2 atom stereocenters. The van der Waals surface area contributed by atoms with Crippen LogP contribution in [0.5, 0.6) is 5.75 Å². The Hall–Kier alpha value is -4.44. The fourth-order valence-electron chi connectivity index (χ4n) is 6.71. The van der Waals surface area contributed by atoms with Crippen molar-refractivity contribution in [3.05, 3.63) is 78.1 Å². The fraction of sp³-hybridized carbons (Fsp3) is 0.447. The standard InChI is InChI=1S/C38H44FN3O6/c1-38(2,3)48-37(45)40-19-17-29(25-9-7-10-26(21-25)30-11-5-6-12-32(30)39)31(23-40)36(44)42(27-13-14-27)28-15-16-34-33(22-28)41(18-8-20-46-4)35(43)24-47-34/h5-7,9-12,15-16,21-22,27,29,31H,8,13-14,17-20,23-24H2,1-4H3/t29-,31?/m1/s1. The van der Waals surface area contributed by atoms with Crippen LogP contribution in [0.3, 0.4) is 0 Å². The van der Waals surface area contributed by atoms with E-state index in [1.807, 2.05) is 68.1 Å². The lowest BCUT2D eigenvalue weighted by atomic mass is 9.78. The van der Waals surface area contributed by atoms with E-state index in [0.29, 0.717) is 55.2 Å². The SMILES string of the molecule is COCCCN1C(=O)COc2ccc(N(C(=O)C3CN(C(=O)OC(C)(C)C)CC[C@@H]3c3cccc(-c4ccccc4F)c3)C3CC3)cc21. The zero-order chi connectivity index (χ0) is 34.0. The Bertz CT molecular complexity index is 1670. The van der Waals surface area contributed by atoms with Gasteiger partial charge in [0.1, 0.15) is 17.2 Å². The van der Waals surface area contributed by atoms with Crippen molar-refractivity contribution in [3.8, 4) is 16.9 Å². The number of piperidine rings is 1. The monoisotopic (exact) mass is 657 g/mol. The molecule has 0 radical (unpaired) electrons. The molecule has 2 heterocycles. The van der Waals surface area contributed by atoms with Gasteiger partial charge in [0.05, 0.1) is 11.6 Å². The zero-order valence-corrected chi connectivity index (χ0v) is 28.1. The van der Waals surface area contributed by atoms with E-state index in [4.69, 9.17) is 14.2 Å². The molecule has 1 aliphatic carbocycles. The van der Waals surface area contributed by atoms with Gasteiger partial charge < -0.3 is 28.9 Å². The van der Waals surface area contributed by atoms with Crippen molar-refractivity contribution in [2.24, 2.45) is 5.92 Å². The molecule has 2 aliphatic heterocycles. The lowest BCUT2D eigenvalue weighted by Crippen LogP contribution is -2.51. The Morgan fingerprint density at radius 3 is 2.54 bits per heavy atom. The van der Waals surface area contributed by atoms with Crippen molar-refractivity contribution in [1.82, 2.24) is 4.90 Å². The van der Waals surface area contributed by atoms with Crippen LogP contribution in [0.2, 0.25) is 0 Å². The van der Waals surface area contributed by atoms with Crippen LogP contribution >= 0.6 is 0 Å². The van der Waals surface area contributed by atoms with E-state index in [0.717, 1.165) is 24.0 Å². The quantitative estimate of drug-likeness (QED) is 0.236. The van der Waals surface area contributed by atoms with E-state index in [-0.39, 0.29) is 42.7 Å². The summed E-state index contributed by atoms with van der Waals surface area (Å²) < 4.78 is 31.5. The minimum absolute atomic E-state index is 0.00000371. The lowest BCUT2D eigenvalue weighted by molar-refractivity contribution is -0.124. The van der Waals surface area contributed by atoms with E-state index in [1.165, 1.54) is 6.07 Å². The number of likely N-dealkylation sites (tertiary alicyclic amines) is 1. The molecule has 3 aliphatic rings. The molecule has 10 heteroatoms. The van der Waals surface area contributed by atoms with Crippen LogP contribution in [0.1, 0.15) is 57.9 Å². The van der Waals surface area contributed by atoms with Gasteiger partial charge in [0.25, 0.3) is 5.91 Å². The molecule has 1 saturated heterocycles. The van der Waals surface area contributed by atoms with Gasteiger partial charge in [0, 0.05) is 50.6 Å². The van der Waals surface area contributed by atoms with Gasteiger partial charge in [-0.05, 0) is 87.8 Å². The highest BCUT2D eigenvalue weighted by Crippen LogP contribution is 2.43. The molecule has 6 rings (SSSR count). The maximum atomic E-state index is 14.9. The normalized spacial score (nSPS) is 19.4. The number of benzene rings is 3. The summed E-state index contributed by atoms with van der Waals surface area (Å²) in [6.07, 6.45) is 2.45. The van der Waals surface area contributed by atoms with Crippen molar-refractivity contribution >= 4 is 29.3 Å². The van der Waals surface area contributed by atoms with Crippen molar-refractivity contribution in [1.29, 1.82) is 0 Å². The molecule has 0 aromatic heterocycles. The summed E-state index contributed by atoms with van der Waals surface area (Å²) in [5.74, 6) is -0.772. The van der Waals surface area contributed by atoms with E-state index in [2.05, 4.69) is 0 Å². The van der Waals surface area contributed by atoms with E-state index >= 15 is 0 Å². The Kier molecular flexibility index (Phi) is 9.73. The number of methoxy groups -OCH3 is 1. The summed E-state index contributed by atoms with van der Waals surface area (Å²) >= 11 is 0. The molecule has 0 bridgehead atoms. The maximum Gasteiger partial charge on any atom is 0.410 e. The van der Waals surface area contributed by atoms with Crippen LogP contribution in [0.25, 0.3) is 11.1 Å². The summed E-state index contributed by atoms with van der Waals surface area (Å²) in [7, 11) is 1.63. The van der Waals surface area contributed by atoms with Crippen molar-refractivity contribution < 1.29 is 33.0 Å². The average molecular weight is 658 g/mol. The van der Waals surface area contributed by atoms with Crippen LogP contribution in [0.4, 0.5) is 20.6 Å². The summed E-state index contributed by atoms with van der Waals surface area (Å²) in [5, 5.41) is 0. The second-order valence-corrected chi connectivity index (χ2v) is 13.8. The Morgan fingerprint density at radius 1 is 1.02 bits per heavy atom. The number of halogens is 1. The first-order valence-electron chi connectivity index (χ1n) is 16.8. The molecule has 254 valence electrons. The van der Waals surface area contributed by atoms with Gasteiger partial charge in [-0.1, -0.05) is 42.5 Å². The molecule has 1 unspecified atom stereocenters. The van der Waals surface area contributed by atoms with Gasteiger partial charge in [-0.2, -0.15) is 0 Å². The first-order chi connectivity index (χ1) is 23.0. The van der Waals surface area contributed by atoms with Crippen LogP contribution in [0.15, 0.2) is 66.7 Å². The number of carbonyl (C=O) groups excluding carboxylic acids is 3. The third-order valence-corrected chi connectivity index (χ3v) is 9.12. The zero-order valence-electron chi connectivity index (χ0n) is 28.1. The number of hydrogen-bond acceptors (Lipinski definition) is 6. The average Bonchev–Trinajstić information content (AvgIpc) is 3.90. The topological polar surface area (TPSA) is 88.6 Å². The van der Waals surface area contributed by atoms with Crippen LogP contribution in [-0.4, -0.2) is 74.4 Å². The number of ether oxygens (including phenoxy) is 3. The maximum absolute atomic E-state index is 14.9. The summed E-state index contributed by atoms with van der Waals surface area (Å²) in [6, 6.07) is 20.0. The highest BCUT2D eigenvalue weighted by Gasteiger charge is 2.44. The van der Waals surface area contributed by atoms with Crippen LogP contribution in [0, 0.1) is 11.7 Å². The largest absolute Gasteiger partial charge is 0.482 e. The molecular weight excluding hydrogens is 613 g/mol. The second kappa shape index (κ2) is 14.0. The Morgan fingerprint density at radius 2 is 1.81 bits per heavy atom. The van der Waals surface area contributed by atoms with E-state index < -0.39 is 17.6 Å². The smallest absolute Gasteiger partial charge is 0.410 e. The molecular formula is C38H44FN3O6. The summed E-state index contributed by atoms with van der Waals surface area (Å²) in [5.41, 5.74) is 2.78. The van der Waals surface area contributed by atoms with Crippen molar-refractivity contribution in [2.45, 2.75) is 64.0 Å². The second-order valence-electron chi connectivity index (χ2n) is 13.8. The van der Waals surface area contributed by atoms with Gasteiger partial charge in [-0.3, -0.25) is 9.59 Å². The van der Waals surface area contributed by atoms with Gasteiger partial charge in [0.15, 0.2) is 6.61 Å². The van der Waals surface area contributed by atoms with Gasteiger partial charge >= 0.3 is 6.09 Å². The summed E-state index contributed by atoms with van der Waals surface area (Å²) in [6.45, 7) is 7.03. The number of fused-ring (bicyclic) bond motifs is 1. The number of anilines is 2. The Balaban J connectivity index is 1.36. The molecule has 48 heavy (non-hydrogen) atoms. The van der Waals surface area contributed by atoms with Gasteiger partial charge in [-0.15, -0.1) is 0 Å². The predicted molar refractivity (Wildman–Crippen MR) is 182 cm³/mol. The highest BCUT2D eigenvalue weighted by molar-refractivity contribution is 6.01. The minimum Gasteiger partial charge on any atom is -0.482 e. The molecule has 0 spiro atoms. The van der Waals surface area contributed by atoms with E-state index in [1.54, 1.807) is 35.1 Å². The molecule has 9 nitrogen and oxygen atoms in total. The number of carbonyl (C=O) groups is 3. The summed E-state index contributed by atoms with van der Waals surface area (Å²) in [4.78, 5) is 46.3. The molecule has 3 aromatic rings. The van der Waals surface area contributed by atoms with Gasteiger partial charge in [0.2, 0.25) is 5.91 Å². The van der Waals surface area contributed by atoms with Crippen LogP contribution < -0.4 is 14.5 Å². The first-order valence-corrected chi connectivity index (χ1v) is 16.8. The highest BCUT2D eigenvalue weighted by atomic mass is 19.1. The molecule has 2 fully saturated rings. The number of hydrogen-bond donors (Lipinski definition) is 0. The van der Waals surface area contributed by atoms with Crippen molar-refractivity contribution in [3.63, 3.8) is 0 Å².